The number of aryl methyl sites for hydroxylation is 6. The van der Waals surface area contributed by atoms with Gasteiger partial charge in [0, 0.05) is 11.3 Å². The summed E-state index contributed by atoms with van der Waals surface area (Å²) in [6, 6.07) is 51.4. The lowest BCUT2D eigenvalue weighted by atomic mass is 9.74. The molecule has 0 spiro atoms. The first-order valence-corrected chi connectivity index (χ1v) is 27.4. The van der Waals surface area contributed by atoms with E-state index in [0.29, 0.717) is 17.8 Å². The van der Waals surface area contributed by atoms with Crippen molar-refractivity contribution in [3.63, 3.8) is 0 Å². The molecule has 11 rings (SSSR count). The van der Waals surface area contributed by atoms with Crippen LogP contribution in [0.5, 0.6) is 0 Å². The third-order valence-corrected chi connectivity index (χ3v) is 16.8. The zero-order chi connectivity index (χ0) is 52.3. The van der Waals surface area contributed by atoms with E-state index < -0.39 is 0 Å². The van der Waals surface area contributed by atoms with Crippen LogP contribution < -0.4 is 0 Å². The molecule has 0 radical (unpaired) electrons. The van der Waals surface area contributed by atoms with Gasteiger partial charge >= 0.3 is 0 Å². The largest absolute Gasteiger partial charge is 0.0987 e. The van der Waals surface area contributed by atoms with Crippen LogP contribution in [0, 0.1) is 53.4 Å². The molecule has 1 fully saturated rings. The molecule has 0 nitrogen and oxygen atoms in total. The Balaban J connectivity index is 0.000000177. The summed E-state index contributed by atoms with van der Waals surface area (Å²) in [5.74, 6) is 2.83. The van der Waals surface area contributed by atoms with Crippen molar-refractivity contribution in [3.8, 4) is 22.3 Å². The van der Waals surface area contributed by atoms with Crippen molar-refractivity contribution in [2.45, 2.75) is 139 Å². The Morgan fingerprint density at radius 2 is 1.22 bits per heavy atom. The minimum atomic E-state index is -0.0252. The van der Waals surface area contributed by atoms with E-state index in [1.807, 2.05) is 0 Å². The van der Waals surface area contributed by atoms with E-state index in [1.54, 1.807) is 11.1 Å². The minimum absolute atomic E-state index is 0.0252. The van der Waals surface area contributed by atoms with Crippen molar-refractivity contribution < 1.29 is 0 Å². The van der Waals surface area contributed by atoms with Gasteiger partial charge in [0.2, 0.25) is 0 Å². The molecule has 0 N–H and O–H groups in total. The average molecular weight is 959 g/mol. The molecular formula is C73H82. The smallest absolute Gasteiger partial charge is 0.0159 e. The molecule has 73 heavy (non-hydrogen) atoms. The fourth-order valence-corrected chi connectivity index (χ4v) is 12.4. The van der Waals surface area contributed by atoms with Gasteiger partial charge in [0.25, 0.3) is 0 Å². The second kappa shape index (κ2) is 22.3. The van der Waals surface area contributed by atoms with E-state index in [1.165, 1.54) is 117 Å². The van der Waals surface area contributed by atoms with Crippen molar-refractivity contribution >= 4 is 10.8 Å². The Hall–Kier alpha value is -6.50. The van der Waals surface area contributed by atoms with Gasteiger partial charge in [-0.05, 0) is 198 Å². The molecule has 0 heteroatoms. The molecule has 0 heterocycles. The normalized spacial score (nSPS) is 18.4. The maximum absolute atomic E-state index is 4.23. The molecule has 7 aromatic carbocycles. The Bertz CT molecular complexity index is 3180. The SMILES string of the molecule is C=CC1=C(/C=C\C)C(C)=C(/C(=C\CC)C(C)C(C)c2ccc3c(c2)C(C)(C)c2cc(C)c4ccccc4c2-3)C1CC.Cc1ccc(C)cc1.Cc1ccc(C)cc1.Cc1cccc2c1C1CC1c1ccccc1-2. The number of benzene rings is 7. The van der Waals surface area contributed by atoms with Gasteiger partial charge < -0.3 is 0 Å². The molecule has 0 bridgehead atoms. The minimum Gasteiger partial charge on any atom is -0.0987 e. The molecule has 0 aromatic heterocycles. The molecule has 0 amide bonds. The molecule has 0 saturated heterocycles. The highest BCUT2D eigenvalue weighted by molar-refractivity contribution is 6.04. The molecule has 4 aliphatic rings. The van der Waals surface area contributed by atoms with Gasteiger partial charge in [-0.1, -0.05) is 234 Å². The van der Waals surface area contributed by atoms with Gasteiger partial charge in [0.05, 0.1) is 0 Å². The maximum Gasteiger partial charge on any atom is 0.0159 e. The van der Waals surface area contributed by atoms with Gasteiger partial charge in [0.1, 0.15) is 0 Å². The van der Waals surface area contributed by atoms with E-state index in [9.17, 15) is 0 Å². The van der Waals surface area contributed by atoms with E-state index in [0.717, 1.165) is 24.7 Å². The van der Waals surface area contributed by atoms with Crippen LogP contribution in [0.4, 0.5) is 0 Å². The predicted molar refractivity (Wildman–Crippen MR) is 319 cm³/mol. The van der Waals surface area contributed by atoms with Crippen LogP contribution in [0.15, 0.2) is 198 Å². The summed E-state index contributed by atoms with van der Waals surface area (Å²) >= 11 is 0. The Morgan fingerprint density at radius 3 is 1.81 bits per heavy atom. The van der Waals surface area contributed by atoms with Crippen molar-refractivity contribution in [2.75, 3.05) is 0 Å². The molecule has 0 aliphatic heterocycles. The van der Waals surface area contributed by atoms with Gasteiger partial charge in [-0.25, -0.2) is 0 Å². The molecule has 7 aromatic rings. The summed E-state index contributed by atoms with van der Waals surface area (Å²) in [5.41, 5.74) is 28.7. The highest BCUT2D eigenvalue weighted by Gasteiger charge is 2.46. The van der Waals surface area contributed by atoms with E-state index >= 15 is 0 Å². The Labute approximate surface area is 441 Å². The second-order valence-corrected chi connectivity index (χ2v) is 22.2. The lowest BCUT2D eigenvalue weighted by Gasteiger charge is -2.30. The van der Waals surface area contributed by atoms with Crippen LogP contribution in [-0.4, -0.2) is 0 Å². The van der Waals surface area contributed by atoms with E-state index in [4.69, 9.17) is 0 Å². The summed E-state index contributed by atoms with van der Waals surface area (Å²) in [7, 11) is 0. The standard InChI is InChI=1S/C41H48.C16H14.2C8H10/c1-11-17-33-28(8)39(31(14-4)30(33)13-3)34(18-12-2)27(7)26(6)29-21-22-36-37(24-29)41(9,10)38-23-25(5)32-19-15-16-20-35(32)40(36)38;1-10-5-4-8-13-11-6-2-3-7-12(11)14-9-15(14)16(10)13;2*1-7-3-5-8(2)6-4-7/h11,13,15-24,26-27,31H,3,12,14H2,1-2,4-10H3;2-8,14-15H,9H2,1H3;2*3-6H,1-2H3/b17-11-,34-18-;;;. The lowest BCUT2D eigenvalue weighted by Crippen LogP contribution is -2.18. The number of hydrogen-bond donors (Lipinski definition) is 0. The molecule has 5 atom stereocenters. The van der Waals surface area contributed by atoms with Gasteiger partial charge in [0.15, 0.2) is 0 Å². The summed E-state index contributed by atoms with van der Waals surface area (Å²) in [5, 5.41) is 2.75. The Morgan fingerprint density at radius 1 is 0.630 bits per heavy atom. The maximum atomic E-state index is 4.23. The van der Waals surface area contributed by atoms with Gasteiger partial charge in [-0.2, -0.15) is 0 Å². The van der Waals surface area contributed by atoms with Gasteiger partial charge in [-0.3, -0.25) is 0 Å². The Kier molecular flexibility index (Phi) is 16.1. The predicted octanol–water partition coefficient (Wildman–Crippen LogP) is 20.8. The van der Waals surface area contributed by atoms with E-state index in [2.05, 4.69) is 267 Å². The average Bonchev–Trinajstić information content (AvgIpc) is 4.11. The third-order valence-electron chi connectivity index (χ3n) is 16.8. The molecule has 4 aliphatic carbocycles. The quantitative estimate of drug-likeness (QED) is 0.142. The first-order chi connectivity index (χ1) is 35.0. The zero-order valence-electron chi connectivity index (χ0n) is 46.8. The number of hydrogen-bond acceptors (Lipinski definition) is 0. The van der Waals surface area contributed by atoms with Crippen LogP contribution in [-0.2, 0) is 5.41 Å². The summed E-state index contributed by atoms with van der Waals surface area (Å²) in [4.78, 5) is 0. The number of fused-ring (bicyclic) bond motifs is 11. The van der Waals surface area contributed by atoms with Crippen LogP contribution >= 0.6 is 0 Å². The molecule has 1 saturated carbocycles. The van der Waals surface area contributed by atoms with Crippen LogP contribution in [0.1, 0.15) is 154 Å². The molecular weight excluding hydrogens is 877 g/mol. The van der Waals surface area contributed by atoms with Crippen LogP contribution in [0.3, 0.4) is 0 Å². The highest BCUT2D eigenvalue weighted by atomic mass is 14.5. The lowest BCUT2D eigenvalue weighted by molar-refractivity contribution is 0.546. The van der Waals surface area contributed by atoms with Crippen molar-refractivity contribution in [2.24, 2.45) is 11.8 Å². The number of allylic oxidation sites excluding steroid dienone is 9. The monoisotopic (exact) mass is 959 g/mol. The molecule has 374 valence electrons. The topological polar surface area (TPSA) is 0 Å². The first kappa shape index (κ1) is 52.8. The van der Waals surface area contributed by atoms with E-state index in [-0.39, 0.29) is 5.41 Å². The fourth-order valence-electron chi connectivity index (χ4n) is 12.4. The van der Waals surface area contributed by atoms with Crippen molar-refractivity contribution in [1.82, 2.24) is 0 Å². The second-order valence-electron chi connectivity index (χ2n) is 22.2. The van der Waals surface area contributed by atoms with Gasteiger partial charge in [-0.15, -0.1) is 0 Å². The van der Waals surface area contributed by atoms with Crippen molar-refractivity contribution in [1.29, 1.82) is 0 Å². The molecule has 5 unspecified atom stereocenters. The fraction of sp³-hybridized carbons (Fsp3) is 0.315. The summed E-state index contributed by atoms with van der Waals surface area (Å²) in [6.07, 6.45) is 12.5. The van der Waals surface area contributed by atoms with Crippen molar-refractivity contribution in [3.05, 3.63) is 259 Å². The summed E-state index contributed by atoms with van der Waals surface area (Å²) in [6.45, 7) is 35.9. The van der Waals surface area contributed by atoms with Crippen LogP contribution in [0.25, 0.3) is 33.0 Å². The summed E-state index contributed by atoms with van der Waals surface area (Å²) < 4.78 is 0. The highest BCUT2D eigenvalue weighted by Crippen LogP contribution is 2.62. The first-order valence-electron chi connectivity index (χ1n) is 27.4. The van der Waals surface area contributed by atoms with Crippen LogP contribution in [0.2, 0.25) is 0 Å². The number of rotatable bonds is 8. The zero-order valence-corrected chi connectivity index (χ0v) is 46.8. The third kappa shape index (κ3) is 10.5.